The zero-order valence-corrected chi connectivity index (χ0v) is 20.4. The normalized spacial score (nSPS) is 14.2. The van der Waals surface area contributed by atoms with Gasteiger partial charge in [0, 0.05) is 16.2 Å². The number of hydrogen-bond acceptors (Lipinski definition) is 2. The van der Waals surface area contributed by atoms with Gasteiger partial charge in [-0.15, -0.1) is 11.3 Å². The number of fused-ring (bicyclic) bond motifs is 9. The average Bonchev–Trinajstić information content (AvgIpc) is 3.55. The molecular weight excluding hydrogens is 444 g/mol. The molecule has 0 N–H and O–H groups in total. The lowest BCUT2D eigenvalue weighted by molar-refractivity contribution is 0.661. The molecule has 0 spiro atoms. The minimum absolute atomic E-state index is 0.0518. The van der Waals surface area contributed by atoms with Crippen LogP contribution in [0.1, 0.15) is 25.0 Å². The van der Waals surface area contributed by atoms with E-state index in [0.29, 0.717) is 0 Å². The second-order valence-corrected chi connectivity index (χ2v) is 10.9. The maximum atomic E-state index is 4.60. The Labute approximate surface area is 207 Å². The van der Waals surface area contributed by atoms with Crippen molar-refractivity contribution in [3.8, 4) is 16.8 Å². The van der Waals surface area contributed by atoms with Crippen LogP contribution in [0.25, 0.3) is 59.6 Å². The Kier molecular flexibility index (Phi) is 3.64. The molecule has 0 saturated carbocycles. The van der Waals surface area contributed by atoms with Crippen LogP contribution >= 0.6 is 11.3 Å². The Hall–Kier alpha value is -3.95. The van der Waals surface area contributed by atoms with Crippen molar-refractivity contribution < 1.29 is 0 Å². The van der Waals surface area contributed by atoms with E-state index in [4.69, 9.17) is 0 Å². The predicted molar refractivity (Wildman–Crippen MR) is 149 cm³/mol. The van der Waals surface area contributed by atoms with Crippen LogP contribution in [0.4, 0.5) is 0 Å². The molecule has 3 heteroatoms. The van der Waals surface area contributed by atoms with Gasteiger partial charge in [0.05, 0.1) is 32.4 Å². The van der Waals surface area contributed by atoms with Crippen LogP contribution in [-0.2, 0) is 5.41 Å². The zero-order valence-electron chi connectivity index (χ0n) is 19.5. The molecular formula is C32H22N2S. The molecule has 2 heterocycles. The van der Waals surface area contributed by atoms with Gasteiger partial charge < -0.3 is 4.57 Å². The molecule has 0 atom stereocenters. The highest BCUT2D eigenvalue weighted by Gasteiger charge is 2.37. The van der Waals surface area contributed by atoms with Crippen molar-refractivity contribution >= 4 is 54.1 Å². The third kappa shape index (κ3) is 2.41. The molecule has 1 aliphatic carbocycles. The van der Waals surface area contributed by atoms with Crippen LogP contribution in [0.2, 0.25) is 0 Å². The van der Waals surface area contributed by atoms with Crippen LogP contribution in [-0.4, -0.2) is 9.55 Å². The van der Waals surface area contributed by atoms with Gasteiger partial charge in [0.1, 0.15) is 0 Å². The minimum Gasteiger partial charge on any atom is -0.308 e. The van der Waals surface area contributed by atoms with Gasteiger partial charge in [-0.3, -0.25) is 0 Å². The second kappa shape index (κ2) is 6.59. The van der Waals surface area contributed by atoms with E-state index in [2.05, 4.69) is 114 Å². The van der Waals surface area contributed by atoms with E-state index in [0.717, 1.165) is 5.52 Å². The fraction of sp³-hybridized carbons (Fsp3) is 0.0938. The molecule has 0 aliphatic heterocycles. The van der Waals surface area contributed by atoms with Gasteiger partial charge in [-0.1, -0.05) is 74.5 Å². The van der Waals surface area contributed by atoms with Crippen LogP contribution in [0, 0.1) is 0 Å². The van der Waals surface area contributed by atoms with E-state index in [1.54, 1.807) is 11.3 Å². The number of para-hydroxylation sites is 1. The quantitative estimate of drug-likeness (QED) is 0.236. The monoisotopic (exact) mass is 466 g/mol. The predicted octanol–water partition coefficient (Wildman–Crippen LogP) is 8.85. The van der Waals surface area contributed by atoms with Crippen LogP contribution in [0.15, 0.2) is 96.5 Å². The third-order valence-corrected chi connectivity index (χ3v) is 8.80. The maximum Gasteiger partial charge on any atom is 0.0833 e. The molecule has 5 aromatic carbocycles. The van der Waals surface area contributed by atoms with Crippen molar-refractivity contribution in [3.63, 3.8) is 0 Å². The van der Waals surface area contributed by atoms with Gasteiger partial charge in [0.2, 0.25) is 0 Å². The topological polar surface area (TPSA) is 17.8 Å². The summed E-state index contributed by atoms with van der Waals surface area (Å²) in [5.41, 5.74) is 12.2. The molecule has 0 bridgehead atoms. The number of benzene rings is 5. The minimum atomic E-state index is -0.0518. The lowest BCUT2D eigenvalue weighted by Gasteiger charge is -2.21. The van der Waals surface area contributed by atoms with E-state index >= 15 is 0 Å². The molecule has 35 heavy (non-hydrogen) atoms. The summed E-state index contributed by atoms with van der Waals surface area (Å²) in [6.07, 6.45) is 0. The fourth-order valence-corrected chi connectivity index (χ4v) is 7.07. The SMILES string of the molecule is CC1(C)c2cc3c4ccccc4n(-c4cccc5ncsc45)c3cc2-c2c1ccc1ccccc21. The smallest absolute Gasteiger partial charge is 0.0833 e. The van der Waals surface area contributed by atoms with E-state index in [1.807, 2.05) is 5.51 Å². The van der Waals surface area contributed by atoms with Gasteiger partial charge in [-0.2, -0.15) is 0 Å². The highest BCUT2D eigenvalue weighted by molar-refractivity contribution is 7.17. The zero-order chi connectivity index (χ0) is 23.3. The number of nitrogens with zero attached hydrogens (tertiary/aromatic N) is 2. The highest BCUT2D eigenvalue weighted by Crippen LogP contribution is 2.53. The summed E-state index contributed by atoms with van der Waals surface area (Å²) in [6.45, 7) is 4.74. The standard InChI is InChI=1S/C32H22N2S/c1-32(2)24-15-14-19-8-3-4-9-20(19)30(24)23-17-29-22(16-25(23)32)21-10-5-6-12-27(21)34(29)28-13-7-11-26-31(28)35-18-33-26/h3-18H,1-2H3. The second-order valence-electron chi connectivity index (χ2n) is 10.1. The summed E-state index contributed by atoms with van der Waals surface area (Å²) in [6, 6.07) is 33.6. The van der Waals surface area contributed by atoms with Crippen LogP contribution < -0.4 is 0 Å². The molecule has 166 valence electrons. The van der Waals surface area contributed by atoms with Crippen molar-refractivity contribution in [1.29, 1.82) is 0 Å². The van der Waals surface area contributed by atoms with Gasteiger partial charge in [0.15, 0.2) is 0 Å². The van der Waals surface area contributed by atoms with Crippen molar-refractivity contribution in [2.24, 2.45) is 0 Å². The van der Waals surface area contributed by atoms with E-state index in [-0.39, 0.29) is 5.41 Å². The Morgan fingerprint density at radius 2 is 1.54 bits per heavy atom. The molecule has 1 aliphatic rings. The van der Waals surface area contributed by atoms with Crippen molar-refractivity contribution in [3.05, 3.63) is 108 Å². The molecule has 0 saturated heterocycles. The molecule has 0 unspecified atom stereocenters. The first-order chi connectivity index (χ1) is 17.1. The number of thiazole rings is 1. The first kappa shape index (κ1) is 19.4. The average molecular weight is 467 g/mol. The van der Waals surface area contributed by atoms with Gasteiger partial charge in [-0.25, -0.2) is 4.98 Å². The lowest BCUT2D eigenvalue weighted by atomic mass is 9.81. The van der Waals surface area contributed by atoms with Crippen LogP contribution in [0.3, 0.4) is 0 Å². The Morgan fingerprint density at radius 3 is 2.46 bits per heavy atom. The first-order valence-electron chi connectivity index (χ1n) is 12.1. The van der Waals surface area contributed by atoms with Gasteiger partial charge in [-0.05, 0) is 63.4 Å². The first-order valence-corrected chi connectivity index (χ1v) is 12.9. The number of hydrogen-bond donors (Lipinski definition) is 0. The molecule has 2 nitrogen and oxygen atoms in total. The summed E-state index contributed by atoms with van der Waals surface area (Å²) in [5, 5.41) is 5.24. The molecule has 8 rings (SSSR count). The van der Waals surface area contributed by atoms with E-state index in [9.17, 15) is 0 Å². The summed E-state index contributed by atoms with van der Waals surface area (Å²) in [7, 11) is 0. The van der Waals surface area contributed by atoms with Crippen molar-refractivity contribution in [1.82, 2.24) is 9.55 Å². The lowest BCUT2D eigenvalue weighted by Crippen LogP contribution is -2.14. The summed E-state index contributed by atoms with van der Waals surface area (Å²) in [5.74, 6) is 0. The van der Waals surface area contributed by atoms with Gasteiger partial charge >= 0.3 is 0 Å². The highest BCUT2D eigenvalue weighted by atomic mass is 32.1. The van der Waals surface area contributed by atoms with Crippen LogP contribution in [0.5, 0.6) is 0 Å². The Balaban J connectivity index is 1.57. The number of rotatable bonds is 1. The largest absolute Gasteiger partial charge is 0.308 e. The van der Waals surface area contributed by atoms with Crippen molar-refractivity contribution in [2.75, 3.05) is 0 Å². The molecule has 2 aromatic heterocycles. The maximum absolute atomic E-state index is 4.60. The third-order valence-electron chi connectivity index (χ3n) is 7.93. The van der Waals surface area contributed by atoms with Gasteiger partial charge in [0.25, 0.3) is 0 Å². The Morgan fingerprint density at radius 1 is 0.714 bits per heavy atom. The Bertz CT molecular complexity index is 1990. The van der Waals surface area contributed by atoms with Crippen molar-refractivity contribution in [2.45, 2.75) is 19.3 Å². The molecule has 0 radical (unpaired) electrons. The molecule has 0 fully saturated rings. The summed E-state index contributed by atoms with van der Waals surface area (Å²) < 4.78 is 3.67. The number of aromatic nitrogens is 2. The fourth-order valence-electron chi connectivity index (χ4n) is 6.27. The molecule has 0 amide bonds. The van der Waals surface area contributed by atoms with E-state index < -0.39 is 0 Å². The summed E-state index contributed by atoms with van der Waals surface area (Å²) >= 11 is 1.71. The molecule has 7 aromatic rings. The summed E-state index contributed by atoms with van der Waals surface area (Å²) in [4.78, 5) is 4.60. The van der Waals surface area contributed by atoms with E-state index in [1.165, 1.54) is 65.2 Å².